The van der Waals surface area contributed by atoms with E-state index in [2.05, 4.69) is 10.1 Å². The lowest BCUT2D eigenvalue weighted by Gasteiger charge is -2.20. The predicted molar refractivity (Wildman–Crippen MR) is 107 cm³/mol. The average Bonchev–Trinajstić information content (AvgIpc) is 3.32. The van der Waals surface area contributed by atoms with E-state index in [9.17, 15) is 9.59 Å². The summed E-state index contributed by atoms with van der Waals surface area (Å²) >= 11 is 8.66. The molecular weight excluding hydrogens is 408 g/mol. The average molecular weight is 417 g/mol. The zero-order valence-corrected chi connectivity index (χ0v) is 15.8. The van der Waals surface area contributed by atoms with E-state index in [4.69, 9.17) is 21.7 Å². The number of halogens is 1. The highest BCUT2D eigenvalue weighted by Gasteiger charge is 2.32. The minimum absolute atomic E-state index is 0.0597. The molecule has 134 valence electrons. The Labute approximate surface area is 166 Å². The standard InChI is InChI=1S/C17H9ClN4O3S2/c18-11-7-9(3-4-12(11)25-16(24)13-2-1-5-26-13)6-10-14(19)22-17(21-15(10)23)27-8-20-22/h1-8,19H/b10-6+,19-14?. The van der Waals surface area contributed by atoms with Gasteiger partial charge in [-0.1, -0.05) is 23.7 Å². The summed E-state index contributed by atoms with van der Waals surface area (Å²) in [6, 6.07) is 8.14. The summed E-state index contributed by atoms with van der Waals surface area (Å²) in [7, 11) is 0. The Bertz CT molecular complexity index is 1060. The first-order valence-electron chi connectivity index (χ1n) is 7.51. The molecule has 0 aliphatic carbocycles. The van der Waals surface area contributed by atoms with Gasteiger partial charge < -0.3 is 4.74 Å². The van der Waals surface area contributed by atoms with Crippen LogP contribution in [0.3, 0.4) is 0 Å². The molecule has 0 saturated carbocycles. The summed E-state index contributed by atoms with van der Waals surface area (Å²) in [6.45, 7) is 0. The molecule has 10 heteroatoms. The van der Waals surface area contributed by atoms with Crippen molar-refractivity contribution >= 4 is 69.2 Å². The van der Waals surface area contributed by atoms with Gasteiger partial charge in [0, 0.05) is 0 Å². The van der Waals surface area contributed by atoms with Gasteiger partial charge >= 0.3 is 5.97 Å². The molecule has 0 bridgehead atoms. The van der Waals surface area contributed by atoms with Crippen LogP contribution in [0.15, 0.2) is 51.4 Å². The molecule has 7 nitrogen and oxygen atoms in total. The second-order valence-electron chi connectivity index (χ2n) is 5.31. The van der Waals surface area contributed by atoms with Crippen molar-refractivity contribution in [2.75, 3.05) is 0 Å². The van der Waals surface area contributed by atoms with Crippen LogP contribution < -0.4 is 4.74 Å². The smallest absolute Gasteiger partial charge is 0.353 e. The van der Waals surface area contributed by atoms with Gasteiger partial charge in [0.15, 0.2) is 11.0 Å². The van der Waals surface area contributed by atoms with Gasteiger partial charge in [-0.2, -0.15) is 15.1 Å². The van der Waals surface area contributed by atoms with Crippen LogP contribution in [0.5, 0.6) is 5.75 Å². The van der Waals surface area contributed by atoms with Crippen molar-refractivity contribution in [2.24, 2.45) is 10.1 Å². The lowest BCUT2D eigenvalue weighted by molar-refractivity contribution is -0.114. The number of amidine groups is 2. The Morgan fingerprint density at radius 1 is 1.33 bits per heavy atom. The summed E-state index contributed by atoms with van der Waals surface area (Å²) in [5.41, 5.74) is 2.17. The summed E-state index contributed by atoms with van der Waals surface area (Å²) in [4.78, 5) is 28.6. The normalized spacial score (nSPS) is 17.3. The number of nitrogens with zero attached hydrogens (tertiary/aromatic N) is 3. The van der Waals surface area contributed by atoms with Gasteiger partial charge in [0.2, 0.25) is 0 Å². The van der Waals surface area contributed by atoms with Crippen LogP contribution in [0, 0.1) is 5.41 Å². The molecule has 0 saturated heterocycles. The largest absolute Gasteiger partial charge is 0.421 e. The number of nitrogens with one attached hydrogen (secondary N) is 1. The van der Waals surface area contributed by atoms with E-state index in [1.165, 1.54) is 45.8 Å². The molecule has 27 heavy (non-hydrogen) atoms. The van der Waals surface area contributed by atoms with Gasteiger partial charge in [-0.25, -0.2) is 4.79 Å². The lowest BCUT2D eigenvalue weighted by Crippen LogP contribution is -2.35. The number of hydrogen-bond donors (Lipinski definition) is 1. The number of hydrogen-bond acceptors (Lipinski definition) is 7. The topological polar surface area (TPSA) is 95.2 Å². The maximum atomic E-state index is 12.2. The first-order chi connectivity index (χ1) is 13.0. The first kappa shape index (κ1) is 17.7. The maximum Gasteiger partial charge on any atom is 0.353 e. The fraction of sp³-hybridized carbons (Fsp3) is 0. The van der Waals surface area contributed by atoms with Gasteiger partial charge in [0.1, 0.15) is 10.6 Å². The van der Waals surface area contributed by atoms with Crippen LogP contribution in [0.25, 0.3) is 6.08 Å². The molecule has 2 aliphatic rings. The van der Waals surface area contributed by atoms with Crippen LogP contribution in [-0.4, -0.2) is 33.4 Å². The molecule has 4 rings (SSSR count). The number of fused-ring (bicyclic) bond motifs is 1. The molecule has 2 aromatic rings. The molecule has 0 radical (unpaired) electrons. The zero-order valence-electron chi connectivity index (χ0n) is 13.4. The third kappa shape index (κ3) is 3.44. The van der Waals surface area contributed by atoms with Crippen LogP contribution in [0.1, 0.15) is 15.2 Å². The highest BCUT2D eigenvalue weighted by atomic mass is 35.5. The fourth-order valence-electron chi connectivity index (χ4n) is 2.34. The number of amides is 1. The number of benzene rings is 1. The maximum absolute atomic E-state index is 12.2. The summed E-state index contributed by atoms with van der Waals surface area (Å²) < 4.78 is 5.29. The lowest BCUT2D eigenvalue weighted by atomic mass is 10.1. The highest BCUT2D eigenvalue weighted by molar-refractivity contribution is 8.25. The molecule has 0 fully saturated rings. The van der Waals surface area contributed by atoms with Gasteiger partial charge in [0.05, 0.1) is 16.1 Å². The molecule has 1 N–H and O–H groups in total. The molecule has 1 aromatic carbocycles. The summed E-state index contributed by atoms with van der Waals surface area (Å²) in [6.07, 6.45) is 1.50. The van der Waals surface area contributed by atoms with E-state index >= 15 is 0 Å². The number of carbonyl (C=O) groups excluding carboxylic acids is 2. The minimum atomic E-state index is -0.520. The predicted octanol–water partition coefficient (Wildman–Crippen LogP) is 3.87. The number of carbonyl (C=O) groups is 2. The highest BCUT2D eigenvalue weighted by Crippen LogP contribution is 2.29. The third-order valence-electron chi connectivity index (χ3n) is 3.59. The van der Waals surface area contributed by atoms with Crippen molar-refractivity contribution in [3.05, 3.63) is 56.7 Å². The summed E-state index contributed by atoms with van der Waals surface area (Å²) in [5.74, 6) is -0.860. The molecule has 1 amide bonds. The number of thiophene rings is 1. The molecular formula is C17H9ClN4O3S2. The second kappa shape index (κ2) is 7.10. The van der Waals surface area contributed by atoms with E-state index in [-0.39, 0.29) is 22.2 Å². The van der Waals surface area contributed by atoms with E-state index in [1.54, 1.807) is 29.6 Å². The van der Waals surface area contributed by atoms with Crippen molar-refractivity contribution in [3.63, 3.8) is 0 Å². The quantitative estimate of drug-likeness (QED) is 0.465. The van der Waals surface area contributed by atoms with Gasteiger partial charge in [-0.05, 0) is 47.0 Å². The van der Waals surface area contributed by atoms with E-state index in [1.807, 2.05) is 0 Å². The Morgan fingerprint density at radius 2 is 2.19 bits per heavy atom. The monoisotopic (exact) mass is 416 g/mol. The van der Waals surface area contributed by atoms with Crippen LogP contribution in [-0.2, 0) is 4.79 Å². The Balaban J connectivity index is 1.58. The number of ether oxygens (including phenoxy) is 1. The second-order valence-corrected chi connectivity index (χ2v) is 7.48. The SMILES string of the molecule is N=C1/C(=C\c2ccc(OC(=O)c3cccs3)c(Cl)c2)C(=O)N=C2SC=NN12. The third-order valence-corrected chi connectivity index (χ3v) is 5.41. The fourth-order valence-corrected chi connectivity index (χ4v) is 3.77. The Morgan fingerprint density at radius 3 is 2.93 bits per heavy atom. The molecule has 3 heterocycles. The van der Waals surface area contributed by atoms with E-state index in [0.29, 0.717) is 15.6 Å². The Kier molecular flexibility index (Phi) is 4.65. The zero-order chi connectivity index (χ0) is 19.0. The van der Waals surface area contributed by atoms with Crippen LogP contribution in [0.2, 0.25) is 5.02 Å². The number of rotatable bonds is 3. The van der Waals surface area contributed by atoms with Crippen molar-refractivity contribution in [1.29, 1.82) is 5.41 Å². The van der Waals surface area contributed by atoms with Gasteiger partial charge in [0.25, 0.3) is 5.91 Å². The van der Waals surface area contributed by atoms with Crippen molar-refractivity contribution in [3.8, 4) is 5.75 Å². The van der Waals surface area contributed by atoms with Crippen molar-refractivity contribution in [1.82, 2.24) is 5.01 Å². The molecule has 0 atom stereocenters. The van der Waals surface area contributed by atoms with E-state index in [0.717, 1.165) is 0 Å². The van der Waals surface area contributed by atoms with Gasteiger partial charge in [-0.15, -0.1) is 11.3 Å². The number of aliphatic imine (C=N–C) groups is 1. The minimum Gasteiger partial charge on any atom is -0.421 e. The first-order valence-corrected chi connectivity index (χ1v) is 9.65. The molecule has 1 aromatic heterocycles. The summed E-state index contributed by atoms with van der Waals surface area (Å²) in [5, 5.41) is 15.8. The number of hydrazone groups is 1. The number of thioether (sulfide) groups is 1. The van der Waals surface area contributed by atoms with E-state index < -0.39 is 11.9 Å². The molecule has 0 spiro atoms. The van der Waals surface area contributed by atoms with Gasteiger partial charge in [-0.3, -0.25) is 10.2 Å². The van der Waals surface area contributed by atoms with Crippen molar-refractivity contribution < 1.29 is 14.3 Å². The van der Waals surface area contributed by atoms with Crippen molar-refractivity contribution in [2.45, 2.75) is 0 Å². The van der Waals surface area contributed by atoms with Crippen LogP contribution in [0.4, 0.5) is 0 Å². The number of esters is 1. The van der Waals surface area contributed by atoms with Crippen LogP contribution >= 0.6 is 34.7 Å². The Hall–Kier alpha value is -2.75. The molecule has 0 unspecified atom stereocenters. The molecule has 2 aliphatic heterocycles.